The topological polar surface area (TPSA) is 56.0 Å². The fourth-order valence-corrected chi connectivity index (χ4v) is 2.78. The predicted molar refractivity (Wildman–Crippen MR) is 75.7 cm³/mol. The maximum absolute atomic E-state index is 9.44. The molecule has 3 nitrogen and oxygen atoms in total. The zero-order chi connectivity index (χ0) is 13.7. The largest absolute Gasteiger partial charge is 0.393 e. The van der Waals surface area contributed by atoms with Crippen molar-refractivity contribution in [3.8, 4) is 6.07 Å². The second kappa shape index (κ2) is 6.18. The van der Waals surface area contributed by atoms with E-state index in [1.807, 2.05) is 37.3 Å². The third-order valence-electron chi connectivity index (χ3n) is 3.96. The van der Waals surface area contributed by atoms with Crippen molar-refractivity contribution in [2.24, 2.45) is 0 Å². The van der Waals surface area contributed by atoms with E-state index in [4.69, 9.17) is 0 Å². The summed E-state index contributed by atoms with van der Waals surface area (Å²) in [5.74, 6) is 0. The Hall–Kier alpha value is -1.37. The van der Waals surface area contributed by atoms with Gasteiger partial charge in [0.05, 0.1) is 17.6 Å². The van der Waals surface area contributed by atoms with Crippen molar-refractivity contribution in [1.29, 1.82) is 5.26 Å². The van der Waals surface area contributed by atoms with E-state index in [1.54, 1.807) is 0 Å². The third kappa shape index (κ3) is 3.34. The summed E-state index contributed by atoms with van der Waals surface area (Å²) in [5.41, 5.74) is 0.850. The lowest BCUT2D eigenvalue weighted by Crippen LogP contribution is -2.51. The van der Waals surface area contributed by atoms with E-state index >= 15 is 0 Å². The van der Waals surface area contributed by atoms with E-state index in [2.05, 4.69) is 11.4 Å². The Morgan fingerprint density at radius 2 is 2.11 bits per heavy atom. The lowest BCUT2D eigenvalue weighted by Gasteiger charge is -2.43. The molecule has 1 aliphatic rings. The number of aliphatic hydroxyl groups excluding tert-OH is 1. The van der Waals surface area contributed by atoms with Crippen molar-refractivity contribution in [3.63, 3.8) is 0 Å². The minimum atomic E-state index is -0.288. The van der Waals surface area contributed by atoms with Gasteiger partial charge in [0.1, 0.15) is 0 Å². The highest BCUT2D eigenvalue weighted by molar-refractivity contribution is 5.36. The molecule has 1 unspecified atom stereocenters. The maximum atomic E-state index is 9.44. The van der Waals surface area contributed by atoms with Crippen LogP contribution in [0.25, 0.3) is 0 Å². The Morgan fingerprint density at radius 1 is 1.42 bits per heavy atom. The standard InChI is InChI=1S/C16H22N2O/c1-13(19)6-5-9-18-15-10-16(11-15,12-17)14-7-3-2-4-8-14/h2-4,7-8,13,15,18-19H,5-6,9-11H2,1H3. The predicted octanol–water partition coefficient (Wildman–Crippen LogP) is 2.36. The van der Waals surface area contributed by atoms with E-state index in [1.165, 1.54) is 0 Å². The van der Waals surface area contributed by atoms with Gasteiger partial charge in [0.25, 0.3) is 0 Å². The average molecular weight is 258 g/mol. The highest BCUT2D eigenvalue weighted by atomic mass is 16.3. The van der Waals surface area contributed by atoms with Gasteiger partial charge in [-0.25, -0.2) is 0 Å². The number of benzene rings is 1. The minimum absolute atomic E-state index is 0.217. The molecule has 0 amide bonds. The monoisotopic (exact) mass is 258 g/mol. The third-order valence-corrected chi connectivity index (χ3v) is 3.96. The van der Waals surface area contributed by atoms with E-state index < -0.39 is 0 Å². The van der Waals surface area contributed by atoms with Gasteiger partial charge >= 0.3 is 0 Å². The highest BCUT2D eigenvalue weighted by Gasteiger charge is 2.45. The zero-order valence-corrected chi connectivity index (χ0v) is 11.5. The summed E-state index contributed by atoms with van der Waals surface area (Å²) in [5, 5.41) is 22.1. The Balaban J connectivity index is 1.79. The molecule has 2 N–H and O–H groups in total. The van der Waals surface area contributed by atoms with Crippen molar-refractivity contribution in [2.75, 3.05) is 6.54 Å². The lowest BCUT2D eigenvalue weighted by atomic mass is 9.62. The van der Waals surface area contributed by atoms with E-state index in [0.717, 1.165) is 37.8 Å². The van der Waals surface area contributed by atoms with E-state index in [-0.39, 0.29) is 11.5 Å². The first-order valence-corrected chi connectivity index (χ1v) is 7.04. The first-order valence-electron chi connectivity index (χ1n) is 7.04. The molecular formula is C16H22N2O. The molecule has 1 aliphatic carbocycles. The zero-order valence-electron chi connectivity index (χ0n) is 11.5. The Morgan fingerprint density at radius 3 is 2.68 bits per heavy atom. The van der Waals surface area contributed by atoms with Crippen LogP contribution in [0.15, 0.2) is 30.3 Å². The van der Waals surface area contributed by atoms with Crippen LogP contribution >= 0.6 is 0 Å². The van der Waals surface area contributed by atoms with Crippen LogP contribution < -0.4 is 5.32 Å². The van der Waals surface area contributed by atoms with Crippen molar-refractivity contribution in [2.45, 2.75) is 50.2 Å². The van der Waals surface area contributed by atoms with Crippen molar-refractivity contribution >= 4 is 0 Å². The smallest absolute Gasteiger partial charge is 0.0852 e. The molecule has 0 aromatic heterocycles. The number of rotatable bonds is 6. The SMILES string of the molecule is CC(O)CCCNC1CC(C#N)(c2ccccc2)C1. The van der Waals surface area contributed by atoms with Crippen LogP contribution in [-0.2, 0) is 5.41 Å². The van der Waals surface area contributed by atoms with Crippen LogP contribution in [0, 0.1) is 11.3 Å². The number of nitriles is 1. The van der Waals surface area contributed by atoms with Crippen LogP contribution in [-0.4, -0.2) is 23.8 Å². The molecule has 0 radical (unpaired) electrons. The van der Waals surface area contributed by atoms with Gasteiger partial charge in [0.15, 0.2) is 0 Å². The van der Waals surface area contributed by atoms with Crippen molar-refractivity contribution in [1.82, 2.24) is 5.32 Å². The number of nitrogens with one attached hydrogen (secondary N) is 1. The second-order valence-electron chi connectivity index (χ2n) is 5.61. The number of hydrogen-bond acceptors (Lipinski definition) is 3. The molecule has 0 heterocycles. The van der Waals surface area contributed by atoms with Crippen LogP contribution in [0.1, 0.15) is 38.2 Å². The molecule has 1 atom stereocenters. The summed E-state index contributed by atoms with van der Waals surface area (Å²) < 4.78 is 0. The van der Waals surface area contributed by atoms with Crippen LogP contribution in [0.3, 0.4) is 0 Å². The Kier molecular flexibility index (Phi) is 4.57. The summed E-state index contributed by atoms with van der Waals surface area (Å²) >= 11 is 0. The first kappa shape index (κ1) is 14.0. The molecule has 19 heavy (non-hydrogen) atoms. The van der Waals surface area contributed by atoms with Crippen LogP contribution in [0.4, 0.5) is 0 Å². The summed E-state index contributed by atoms with van der Waals surface area (Å²) in [6, 6.07) is 13.0. The quantitative estimate of drug-likeness (QED) is 0.770. The van der Waals surface area contributed by atoms with Gasteiger partial charge in [0.2, 0.25) is 0 Å². The Bertz CT molecular complexity index is 430. The molecule has 1 aromatic carbocycles. The molecule has 1 aromatic rings. The van der Waals surface area contributed by atoms with Gasteiger partial charge < -0.3 is 10.4 Å². The molecule has 1 fully saturated rings. The van der Waals surface area contributed by atoms with Gasteiger partial charge in [-0.05, 0) is 44.7 Å². The number of nitrogens with zero attached hydrogens (tertiary/aromatic N) is 1. The molecular weight excluding hydrogens is 236 g/mol. The molecule has 1 saturated carbocycles. The normalized spacial score (nSPS) is 27.3. The van der Waals surface area contributed by atoms with Gasteiger partial charge in [-0.3, -0.25) is 0 Å². The van der Waals surface area contributed by atoms with Crippen molar-refractivity contribution in [3.05, 3.63) is 35.9 Å². The average Bonchev–Trinajstić information content (AvgIpc) is 2.37. The number of aliphatic hydroxyl groups is 1. The van der Waals surface area contributed by atoms with Gasteiger partial charge in [-0.2, -0.15) is 5.26 Å². The molecule has 0 spiro atoms. The molecule has 3 heteroatoms. The summed E-state index contributed by atoms with van der Waals surface area (Å²) in [6.45, 7) is 2.74. The first-order chi connectivity index (χ1) is 9.16. The lowest BCUT2D eigenvalue weighted by molar-refractivity contribution is 0.176. The van der Waals surface area contributed by atoms with Crippen LogP contribution in [0.5, 0.6) is 0 Å². The molecule has 0 aliphatic heterocycles. The molecule has 0 bridgehead atoms. The van der Waals surface area contributed by atoms with Gasteiger partial charge in [-0.1, -0.05) is 30.3 Å². The maximum Gasteiger partial charge on any atom is 0.0852 e. The minimum Gasteiger partial charge on any atom is -0.393 e. The number of hydrogen-bond donors (Lipinski definition) is 2. The molecule has 2 rings (SSSR count). The summed E-state index contributed by atoms with van der Waals surface area (Å²) in [7, 11) is 0. The fraction of sp³-hybridized carbons (Fsp3) is 0.562. The Labute approximate surface area is 115 Å². The fourth-order valence-electron chi connectivity index (χ4n) is 2.78. The molecule has 102 valence electrons. The summed E-state index contributed by atoms with van der Waals surface area (Å²) in [6.07, 6.45) is 3.39. The van der Waals surface area contributed by atoms with Crippen molar-refractivity contribution < 1.29 is 5.11 Å². The van der Waals surface area contributed by atoms with Crippen LogP contribution in [0.2, 0.25) is 0 Å². The van der Waals surface area contributed by atoms with E-state index in [9.17, 15) is 10.4 Å². The second-order valence-corrected chi connectivity index (χ2v) is 5.61. The van der Waals surface area contributed by atoms with Gasteiger partial charge in [-0.15, -0.1) is 0 Å². The van der Waals surface area contributed by atoms with E-state index in [0.29, 0.717) is 6.04 Å². The molecule has 0 saturated heterocycles. The summed E-state index contributed by atoms with van der Waals surface area (Å²) in [4.78, 5) is 0. The highest BCUT2D eigenvalue weighted by Crippen LogP contribution is 2.43. The van der Waals surface area contributed by atoms with Gasteiger partial charge in [0, 0.05) is 6.04 Å².